The molecule has 4 saturated carbocycles. The predicted octanol–water partition coefficient (Wildman–Crippen LogP) is 1.66. The lowest BCUT2D eigenvalue weighted by molar-refractivity contribution is -0.256. The fourth-order valence-electron chi connectivity index (χ4n) is 10.3. The number of carboxylic acids is 1. The fraction of sp³-hybridized carbons (Fsp3) is 0.897. The van der Waals surface area contributed by atoms with E-state index in [1.165, 1.54) is 0 Å². The monoisotopic (exact) mass is 550 g/mol. The van der Waals surface area contributed by atoms with E-state index in [1.54, 1.807) is 6.92 Å². The number of cyclic esters (lactones) is 1. The van der Waals surface area contributed by atoms with E-state index in [0.29, 0.717) is 25.9 Å². The first-order valence-corrected chi connectivity index (χ1v) is 14.7. The minimum Gasteiger partial charge on any atom is -0.479 e. The summed E-state index contributed by atoms with van der Waals surface area (Å²) in [6.45, 7) is 4.34. The summed E-state index contributed by atoms with van der Waals surface area (Å²) < 4.78 is 16.9. The molecule has 0 bridgehead atoms. The van der Waals surface area contributed by atoms with Gasteiger partial charge in [0.25, 0.3) is 0 Å². The zero-order chi connectivity index (χ0) is 27.9. The smallest absolute Gasteiger partial charge is 0.341 e. The highest BCUT2D eigenvalue weighted by Crippen LogP contribution is 2.68. The van der Waals surface area contributed by atoms with Gasteiger partial charge < -0.3 is 39.4 Å². The molecule has 0 unspecified atom stereocenters. The molecule has 39 heavy (non-hydrogen) atoms. The van der Waals surface area contributed by atoms with Gasteiger partial charge in [0, 0.05) is 17.8 Å². The highest BCUT2D eigenvalue weighted by molar-refractivity contribution is 5.78. The number of carbonyl (C=O) groups is 3. The van der Waals surface area contributed by atoms with Crippen LogP contribution >= 0.6 is 0 Å². The number of hydrogen-bond donors (Lipinski definition) is 4. The normalized spacial score (nSPS) is 54.9. The average molecular weight is 551 g/mol. The van der Waals surface area contributed by atoms with Gasteiger partial charge in [-0.2, -0.15) is 0 Å². The van der Waals surface area contributed by atoms with Gasteiger partial charge in [0.2, 0.25) is 5.60 Å². The number of carboxylic acid groups (broad SMARTS) is 1. The molecule has 10 nitrogen and oxygen atoms in total. The molecular formula is C29H42O10. The molecular weight excluding hydrogens is 508 g/mol. The number of esters is 1. The molecule has 0 radical (unpaired) electrons. The Balaban J connectivity index is 1.22. The maximum Gasteiger partial charge on any atom is 0.341 e. The second kappa shape index (κ2) is 9.48. The van der Waals surface area contributed by atoms with Gasteiger partial charge in [-0.1, -0.05) is 6.92 Å². The Morgan fingerprint density at radius 2 is 1.87 bits per heavy atom. The number of ether oxygens (including phenoxy) is 3. The maximum absolute atomic E-state index is 13.0. The van der Waals surface area contributed by atoms with Gasteiger partial charge >= 0.3 is 11.9 Å². The number of carbonyl (C=O) groups excluding carboxylic acids is 2. The van der Waals surface area contributed by atoms with Crippen LogP contribution < -0.4 is 0 Å². The van der Waals surface area contributed by atoms with E-state index in [4.69, 9.17) is 14.2 Å². The van der Waals surface area contributed by atoms with Gasteiger partial charge in [0.1, 0.15) is 6.29 Å². The largest absolute Gasteiger partial charge is 0.479 e. The summed E-state index contributed by atoms with van der Waals surface area (Å²) in [5, 5.41) is 43.0. The van der Waals surface area contributed by atoms with Crippen molar-refractivity contribution < 1.29 is 49.0 Å². The van der Waals surface area contributed by atoms with Crippen molar-refractivity contribution in [2.24, 2.45) is 46.3 Å². The number of aliphatic hydroxyl groups is 3. The topological polar surface area (TPSA) is 160 Å². The van der Waals surface area contributed by atoms with Crippen LogP contribution in [0.3, 0.4) is 0 Å². The van der Waals surface area contributed by atoms with Crippen molar-refractivity contribution in [2.45, 2.75) is 108 Å². The number of aldehydes is 1. The first-order chi connectivity index (χ1) is 18.4. The lowest BCUT2D eigenvalue weighted by Crippen LogP contribution is -2.60. The van der Waals surface area contributed by atoms with E-state index in [9.17, 15) is 34.8 Å². The molecule has 2 saturated heterocycles. The molecule has 0 amide bonds. The third kappa shape index (κ3) is 4.03. The first kappa shape index (κ1) is 27.6. The van der Waals surface area contributed by atoms with Crippen molar-refractivity contribution in [3.63, 3.8) is 0 Å². The Morgan fingerprint density at radius 1 is 1.10 bits per heavy atom. The minimum absolute atomic E-state index is 0.0241. The molecule has 2 heterocycles. The molecule has 218 valence electrons. The molecule has 4 aliphatic carbocycles. The van der Waals surface area contributed by atoms with Gasteiger partial charge in [-0.05, 0) is 86.9 Å². The molecule has 10 heteroatoms. The van der Waals surface area contributed by atoms with E-state index < -0.39 is 47.7 Å². The van der Waals surface area contributed by atoms with Crippen LogP contribution in [0.25, 0.3) is 0 Å². The van der Waals surface area contributed by atoms with Crippen molar-refractivity contribution in [1.82, 2.24) is 0 Å². The van der Waals surface area contributed by atoms with E-state index >= 15 is 0 Å². The van der Waals surface area contributed by atoms with E-state index in [-0.39, 0.29) is 59.7 Å². The van der Waals surface area contributed by atoms with Crippen LogP contribution in [0.2, 0.25) is 0 Å². The zero-order valence-corrected chi connectivity index (χ0v) is 22.7. The van der Waals surface area contributed by atoms with E-state index in [1.807, 2.05) is 0 Å². The lowest BCUT2D eigenvalue weighted by Gasteiger charge is -2.61. The molecule has 6 fully saturated rings. The van der Waals surface area contributed by atoms with Crippen molar-refractivity contribution in [1.29, 1.82) is 0 Å². The Labute approximate surface area is 228 Å². The average Bonchev–Trinajstić information content (AvgIpc) is 3.52. The summed E-state index contributed by atoms with van der Waals surface area (Å²) in [5.41, 5.74) is -3.07. The number of rotatable bonds is 5. The molecule has 14 atom stereocenters. The molecule has 6 rings (SSSR count). The van der Waals surface area contributed by atoms with Gasteiger partial charge in [-0.3, -0.25) is 4.79 Å². The number of hydrogen-bond acceptors (Lipinski definition) is 9. The molecule has 0 aromatic heterocycles. The first-order valence-electron chi connectivity index (χ1n) is 14.7. The standard InChI is InChI=1S/C29H42O10/c1-14-10-29(36,25(34)35)26(38-14)39-22-8-16-3-4-17-18(28(16,13-30)11-21(22)32)5-6-27(2)19(9-20(31)24(17)27)15-7-23(33)37-12-15/h13-22,24,26,31-32,36H,3-12H2,1-2H3,(H,34,35)/t14-,15+,16+,17-,18+,19-,20-,21-,22-,24+,26+,27-,28-,29+/m1/s1. The Kier molecular flexibility index (Phi) is 6.70. The van der Waals surface area contributed by atoms with Crippen LogP contribution in [0.5, 0.6) is 0 Å². The van der Waals surface area contributed by atoms with Crippen LogP contribution in [0, 0.1) is 46.3 Å². The van der Waals surface area contributed by atoms with Crippen LogP contribution in [0.4, 0.5) is 0 Å². The van der Waals surface area contributed by atoms with Crippen molar-refractivity contribution in [3.05, 3.63) is 0 Å². The predicted molar refractivity (Wildman–Crippen MR) is 134 cm³/mol. The molecule has 2 aliphatic heterocycles. The molecule has 6 aliphatic rings. The Bertz CT molecular complexity index is 1020. The van der Waals surface area contributed by atoms with Gasteiger partial charge in [0.15, 0.2) is 6.29 Å². The third-order valence-corrected chi connectivity index (χ3v) is 12.0. The van der Waals surface area contributed by atoms with Gasteiger partial charge in [0.05, 0.1) is 37.4 Å². The van der Waals surface area contributed by atoms with Crippen molar-refractivity contribution >= 4 is 18.2 Å². The van der Waals surface area contributed by atoms with Gasteiger partial charge in [-0.15, -0.1) is 0 Å². The number of aliphatic hydroxyl groups excluding tert-OH is 2. The number of aliphatic carboxylic acids is 1. The lowest BCUT2D eigenvalue weighted by atomic mass is 9.43. The quantitative estimate of drug-likeness (QED) is 0.293. The summed E-state index contributed by atoms with van der Waals surface area (Å²) in [5.74, 6) is -1.12. The third-order valence-electron chi connectivity index (χ3n) is 12.0. The highest BCUT2D eigenvalue weighted by atomic mass is 16.7. The van der Waals surface area contributed by atoms with Crippen LogP contribution in [0.15, 0.2) is 0 Å². The van der Waals surface area contributed by atoms with Crippen molar-refractivity contribution in [3.8, 4) is 0 Å². The number of fused-ring (bicyclic) bond motifs is 5. The minimum atomic E-state index is -2.19. The highest BCUT2D eigenvalue weighted by Gasteiger charge is 2.66. The Morgan fingerprint density at radius 3 is 2.54 bits per heavy atom. The Hall–Kier alpha value is -1.59. The molecule has 0 aromatic rings. The summed E-state index contributed by atoms with van der Waals surface area (Å²) in [6.07, 6.45) is 1.67. The molecule has 0 spiro atoms. The van der Waals surface area contributed by atoms with Crippen LogP contribution in [-0.4, -0.2) is 81.6 Å². The molecule has 4 N–H and O–H groups in total. The van der Waals surface area contributed by atoms with Crippen molar-refractivity contribution in [2.75, 3.05) is 6.61 Å². The summed E-state index contributed by atoms with van der Waals surface area (Å²) in [4.78, 5) is 36.6. The van der Waals surface area contributed by atoms with Crippen LogP contribution in [-0.2, 0) is 28.6 Å². The summed E-state index contributed by atoms with van der Waals surface area (Å²) in [7, 11) is 0. The second-order valence-corrected chi connectivity index (χ2v) is 13.8. The summed E-state index contributed by atoms with van der Waals surface area (Å²) >= 11 is 0. The summed E-state index contributed by atoms with van der Waals surface area (Å²) in [6, 6.07) is 0. The maximum atomic E-state index is 13.0. The SMILES string of the molecule is C[C@@H]1C[C@](O)(C(=O)O)[C@H](O[C@@H]2C[C@@H]3CC[C@H]4[C@H]5[C@H](O)C[C@H]([C@@H]6COC(=O)C6)[C@@]5(C)CC[C@@H]4[C@@]3(C=O)C[C@H]2O)O1. The van der Waals surface area contributed by atoms with E-state index in [0.717, 1.165) is 32.0 Å². The van der Waals surface area contributed by atoms with E-state index in [2.05, 4.69) is 6.92 Å². The van der Waals surface area contributed by atoms with Gasteiger partial charge in [-0.25, -0.2) is 4.79 Å². The fourth-order valence-corrected chi connectivity index (χ4v) is 10.3. The van der Waals surface area contributed by atoms with Crippen LogP contribution in [0.1, 0.15) is 71.6 Å². The second-order valence-electron chi connectivity index (χ2n) is 13.8. The zero-order valence-electron chi connectivity index (χ0n) is 22.7. The molecule has 0 aromatic carbocycles.